The summed E-state index contributed by atoms with van der Waals surface area (Å²) < 4.78 is 0. The van der Waals surface area contributed by atoms with Crippen molar-refractivity contribution in [3.05, 3.63) is 0 Å². The second-order valence-corrected chi connectivity index (χ2v) is 3.36. The summed E-state index contributed by atoms with van der Waals surface area (Å²) in [6, 6.07) is 0. The van der Waals surface area contributed by atoms with Crippen molar-refractivity contribution in [2.24, 2.45) is 0 Å². The van der Waals surface area contributed by atoms with Crippen LogP contribution in [0.5, 0.6) is 0 Å². The summed E-state index contributed by atoms with van der Waals surface area (Å²) in [6.45, 7) is 0.605. The van der Waals surface area contributed by atoms with E-state index in [2.05, 4.69) is 16.7 Å². The van der Waals surface area contributed by atoms with Crippen LogP contribution in [0.25, 0.3) is 0 Å². The summed E-state index contributed by atoms with van der Waals surface area (Å²) in [7, 11) is 0. The number of hydroxylamine groups is 1. The minimum absolute atomic E-state index is 0.174. The maximum Gasteiger partial charge on any atom is 0.257 e. The SMILES string of the molecule is C#CCNCC(=O)NOC1CCCC1. The lowest BCUT2D eigenvalue weighted by molar-refractivity contribution is -0.137. The smallest absolute Gasteiger partial charge is 0.257 e. The van der Waals surface area contributed by atoms with E-state index in [1.807, 2.05) is 0 Å². The Hall–Kier alpha value is -1.05. The van der Waals surface area contributed by atoms with Crippen molar-refractivity contribution in [2.75, 3.05) is 13.1 Å². The zero-order valence-electron chi connectivity index (χ0n) is 8.21. The molecule has 14 heavy (non-hydrogen) atoms. The van der Waals surface area contributed by atoms with E-state index in [4.69, 9.17) is 11.3 Å². The van der Waals surface area contributed by atoms with Crippen molar-refractivity contribution >= 4 is 5.91 Å². The van der Waals surface area contributed by atoms with Crippen molar-refractivity contribution in [2.45, 2.75) is 31.8 Å². The Bertz CT molecular complexity index is 217. The fourth-order valence-corrected chi connectivity index (χ4v) is 1.44. The molecule has 0 aromatic rings. The minimum atomic E-state index is -0.174. The first kappa shape index (κ1) is 11.0. The van der Waals surface area contributed by atoms with E-state index >= 15 is 0 Å². The molecule has 1 aliphatic rings. The Kier molecular flexibility index (Phi) is 5.05. The molecule has 1 fully saturated rings. The van der Waals surface area contributed by atoms with E-state index in [1.165, 1.54) is 12.8 Å². The van der Waals surface area contributed by atoms with Gasteiger partial charge in [0.1, 0.15) is 0 Å². The lowest BCUT2D eigenvalue weighted by Gasteiger charge is -2.10. The molecule has 0 bridgehead atoms. The standard InChI is InChI=1S/C10H16N2O2/c1-2-7-11-8-10(13)12-14-9-5-3-4-6-9/h1,9,11H,3-8H2,(H,12,13). The van der Waals surface area contributed by atoms with Gasteiger partial charge in [-0.1, -0.05) is 18.8 Å². The highest BCUT2D eigenvalue weighted by molar-refractivity contribution is 5.76. The van der Waals surface area contributed by atoms with Crippen LogP contribution in [-0.4, -0.2) is 25.1 Å². The summed E-state index contributed by atoms with van der Waals surface area (Å²) in [5.74, 6) is 2.21. The fourth-order valence-electron chi connectivity index (χ4n) is 1.44. The zero-order valence-corrected chi connectivity index (χ0v) is 8.21. The van der Waals surface area contributed by atoms with Gasteiger partial charge in [-0.15, -0.1) is 6.42 Å². The molecule has 0 heterocycles. The van der Waals surface area contributed by atoms with Gasteiger partial charge in [0, 0.05) is 0 Å². The summed E-state index contributed by atoms with van der Waals surface area (Å²) in [5, 5.41) is 2.78. The average Bonchev–Trinajstić information content (AvgIpc) is 2.68. The molecule has 0 aromatic carbocycles. The number of amides is 1. The fraction of sp³-hybridized carbons (Fsp3) is 0.700. The predicted molar refractivity (Wildman–Crippen MR) is 53.2 cm³/mol. The monoisotopic (exact) mass is 196 g/mol. The molecule has 0 aliphatic heterocycles. The molecular weight excluding hydrogens is 180 g/mol. The maximum atomic E-state index is 11.1. The minimum Gasteiger partial charge on any atom is -0.298 e. The van der Waals surface area contributed by atoms with Gasteiger partial charge in [0.15, 0.2) is 0 Å². The summed E-state index contributed by atoms with van der Waals surface area (Å²) in [6.07, 6.45) is 9.67. The van der Waals surface area contributed by atoms with Crippen molar-refractivity contribution in [3.63, 3.8) is 0 Å². The number of rotatable bonds is 5. The molecule has 1 rings (SSSR count). The first-order valence-electron chi connectivity index (χ1n) is 4.91. The molecule has 0 spiro atoms. The number of carbonyl (C=O) groups excluding carboxylic acids is 1. The molecule has 0 unspecified atom stereocenters. The van der Waals surface area contributed by atoms with E-state index in [0.717, 1.165) is 12.8 Å². The van der Waals surface area contributed by atoms with Crippen LogP contribution < -0.4 is 10.8 Å². The Morgan fingerprint density at radius 3 is 2.86 bits per heavy atom. The second kappa shape index (κ2) is 6.41. The zero-order chi connectivity index (χ0) is 10.2. The summed E-state index contributed by atoms with van der Waals surface area (Å²) >= 11 is 0. The van der Waals surface area contributed by atoms with Crippen LogP contribution in [-0.2, 0) is 9.63 Å². The number of nitrogens with one attached hydrogen (secondary N) is 2. The molecule has 2 N–H and O–H groups in total. The van der Waals surface area contributed by atoms with Crippen molar-refractivity contribution < 1.29 is 9.63 Å². The van der Waals surface area contributed by atoms with E-state index in [0.29, 0.717) is 6.54 Å². The lowest BCUT2D eigenvalue weighted by atomic mass is 10.3. The normalized spacial score (nSPS) is 16.5. The van der Waals surface area contributed by atoms with Crippen molar-refractivity contribution in [1.29, 1.82) is 0 Å². The van der Waals surface area contributed by atoms with Crippen LogP contribution in [0.4, 0.5) is 0 Å². The molecule has 1 aliphatic carbocycles. The molecule has 1 saturated carbocycles. The number of terminal acetylenes is 1. The molecule has 1 amide bonds. The molecule has 0 saturated heterocycles. The van der Waals surface area contributed by atoms with E-state index in [1.54, 1.807) is 0 Å². The van der Waals surface area contributed by atoms with E-state index < -0.39 is 0 Å². The van der Waals surface area contributed by atoms with Gasteiger partial charge in [0.05, 0.1) is 19.2 Å². The van der Waals surface area contributed by atoms with Crippen LogP contribution >= 0.6 is 0 Å². The van der Waals surface area contributed by atoms with Gasteiger partial charge in [0.25, 0.3) is 5.91 Å². The van der Waals surface area contributed by atoms with Crippen LogP contribution in [0, 0.1) is 12.3 Å². The quantitative estimate of drug-likeness (QED) is 0.375. The van der Waals surface area contributed by atoms with Crippen LogP contribution in [0.2, 0.25) is 0 Å². The van der Waals surface area contributed by atoms with Crippen molar-refractivity contribution in [1.82, 2.24) is 10.8 Å². The van der Waals surface area contributed by atoms with Crippen molar-refractivity contribution in [3.8, 4) is 12.3 Å². The summed E-state index contributed by atoms with van der Waals surface area (Å²) in [4.78, 5) is 16.3. The van der Waals surface area contributed by atoms with Gasteiger partial charge in [-0.3, -0.25) is 14.9 Å². The van der Waals surface area contributed by atoms with Crippen LogP contribution in [0.15, 0.2) is 0 Å². The Morgan fingerprint density at radius 1 is 1.50 bits per heavy atom. The second-order valence-electron chi connectivity index (χ2n) is 3.36. The van der Waals surface area contributed by atoms with E-state index in [-0.39, 0.29) is 18.6 Å². The third kappa shape index (κ3) is 4.26. The molecule has 78 valence electrons. The molecule has 4 heteroatoms. The topological polar surface area (TPSA) is 50.4 Å². The highest BCUT2D eigenvalue weighted by atomic mass is 16.7. The summed E-state index contributed by atoms with van der Waals surface area (Å²) in [5.41, 5.74) is 2.41. The maximum absolute atomic E-state index is 11.1. The van der Waals surface area contributed by atoms with Crippen LogP contribution in [0.3, 0.4) is 0 Å². The lowest BCUT2D eigenvalue weighted by Crippen LogP contribution is -2.36. The first-order chi connectivity index (χ1) is 6.83. The van der Waals surface area contributed by atoms with Gasteiger partial charge in [-0.2, -0.15) is 0 Å². The van der Waals surface area contributed by atoms with Gasteiger partial charge < -0.3 is 0 Å². The Labute approximate surface area is 84.3 Å². The third-order valence-corrected chi connectivity index (χ3v) is 2.15. The number of hydrogen-bond donors (Lipinski definition) is 2. The largest absolute Gasteiger partial charge is 0.298 e. The van der Waals surface area contributed by atoms with E-state index in [9.17, 15) is 4.79 Å². The van der Waals surface area contributed by atoms with Gasteiger partial charge in [-0.25, -0.2) is 5.48 Å². The molecule has 0 radical (unpaired) electrons. The highest BCUT2D eigenvalue weighted by Gasteiger charge is 2.16. The predicted octanol–water partition coefficient (Wildman–Crippen LogP) is 0.200. The Morgan fingerprint density at radius 2 is 2.21 bits per heavy atom. The van der Waals surface area contributed by atoms with Crippen LogP contribution in [0.1, 0.15) is 25.7 Å². The first-order valence-corrected chi connectivity index (χ1v) is 4.91. The van der Waals surface area contributed by atoms with Gasteiger partial charge in [-0.05, 0) is 12.8 Å². The third-order valence-electron chi connectivity index (χ3n) is 2.15. The molecule has 4 nitrogen and oxygen atoms in total. The van der Waals surface area contributed by atoms with Gasteiger partial charge in [0.2, 0.25) is 0 Å². The van der Waals surface area contributed by atoms with Gasteiger partial charge >= 0.3 is 0 Å². The highest BCUT2D eigenvalue weighted by Crippen LogP contribution is 2.19. The average molecular weight is 196 g/mol. The molecular formula is C10H16N2O2. The Balaban J connectivity index is 2.00. The molecule has 0 aromatic heterocycles. The number of carbonyl (C=O) groups is 1. The number of hydrogen-bond acceptors (Lipinski definition) is 3. The molecule has 0 atom stereocenters.